The van der Waals surface area contributed by atoms with E-state index in [0.29, 0.717) is 6.04 Å². The van der Waals surface area contributed by atoms with E-state index in [9.17, 15) is 0 Å². The van der Waals surface area contributed by atoms with Gasteiger partial charge in [0.1, 0.15) is 0 Å². The summed E-state index contributed by atoms with van der Waals surface area (Å²) in [5.74, 6) is 0. The third-order valence-electron chi connectivity index (χ3n) is 3.68. The third-order valence-corrected chi connectivity index (χ3v) is 3.68. The zero-order valence-electron chi connectivity index (χ0n) is 11.1. The molecule has 0 amide bonds. The van der Waals surface area contributed by atoms with Crippen LogP contribution in [-0.4, -0.2) is 18.1 Å². The molecule has 0 saturated heterocycles. The van der Waals surface area contributed by atoms with Gasteiger partial charge in [-0.1, -0.05) is 31.9 Å². The minimum atomic E-state index is 0.616. The average molecular weight is 232 g/mol. The average Bonchev–Trinajstić information content (AvgIpc) is 2.78. The van der Waals surface area contributed by atoms with Gasteiger partial charge in [-0.05, 0) is 43.5 Å². The number of hydrogen-bond acceptors (Lipinski definition) is 1. The second-order valence-electron chi connectivity index (χ2n) is 4.96. The molecular formula is C15H24N2. The Morgan fingerprint density at radius 1 is 1.35 bits per heavy atom. The fourth-order valence-electron chi connectivity index (χ4n) is 2.59. The van der Waals surface area contributed by atoms with Gasteiger partial charge in [0.05, 0.1) is 0 Å². The number of nitrogens with one attached hydrogen (secondary N) is 2. The maximum Gasteiger partial charge on any atom is 0.0413 e. The lowest BCUT2D eigenvalue weighted by Crippen LogP contribution is -2.32. The van der Waals surface area contributed by atoms with Crippen LogP contribution in [0.25, 0.3) is 12.2 Å². The predicted molar refractivity (Wildman–Crippen MR) is 74.3 cm³/mol. The van der Waals surface area contributed by atoms with Gasteiger partial charge in [0.15, 0.2) is 0 Å². The summed E-state index contributed by atoms with van der Waals surface area (Å²) >= 11 is 0. The van der Waals surface area contributed by atoms with E-state index in [1.54, 1.807) is 0 Å². The summed E-state index contributed by atoms with van der Waals surface area (Å²) in [7, 11) is 2.08. The van der Waals surface area contributed by atoms with Crippen molar-refractivity contribution >= 4 is 12.2 Å². The van der Waals surface area contributed by atoms with Gasteiger partial charge in [-0.15, -0.1) is 0 Å². The summed E-state index contributed by atoms with van der Waals surface area (Å²) in [5.41, 5.74) is 1.48. The molecule has 0 bridgehead atoms. The zero-order valence-corrected chi connectivity index (χ0v) is 11.1. The van der Waals surface area contributed by atoms with E-state index in [0.717, 1.165) is 6.42 Å². The lowest BCUT2D eigenvalue weighted by molar-refractivity contribution is 0.498. The quantitative estimate of drug-likeness (QED) is 0.767. The summed E-state index contributed by atoms with van der Waals surface area (Å²) in [6.45, 7) is 2.26. The molecule has 1 atom stereocenters. The van der Waals surface area contributed by atoms with Gasteiger partial charge in [-0.25, -0.2) is 0 Å². The third kappa shape index (κ3) is 3.01. The second kappa shape index (κ2) is 6.06. The van der Waals surface area contributed by atoms with Crippen molar-refractivity contribution in [1.29, 1.82) is 0 Å². The minimum absolute atomic E-state index is 0.616. The number of fused-ring (bicyclic) bond motifs is 1. The van der Waals surface area contributed by atoms with Gasteiger partial charge in [0.25, 0.3) is 0 Å². The summed E-state index contributed by atoms with van der Waals surface area (Å²) < 4.78 is 0. The standard InChI is InChI=1S/C15H24N2/c1-3-4-7-13(16-2)10-12-11-17-15-9-6-5-8-14(12)15/h8-9,11,13,16-17H,3-7,10H2,1-2H3. The molecule has 0 radical (unpaired) electrons. The van der Waals surface area contributed by atoms with Crippen LogP contribution in [0.15, 0.2) is 6.20 Å². The van der Waals surface area contributed by atoms with E-state index in [2.05, 4.69) is 42.6 Å². The molecule has 2 N–H and O–H groups in total. The highest BCUT2D eigenvalue weighted by molar-refractivity contribution is 5.39. The number of aromatic amines is 1. The number of rotatable bonds is 6. The van der Waals surface area contributed by atoms with E-state index < -0.39 is 0 Å². The van der Waals surface area contributed by atoms with Crippen molar-refractivity contribution in [2.75, 3.05) is 7.05 Å². The van der Waals surface area contributed by atoms with Crippen molar-refractivity contribution in [3.63, 3.8) is 0 Å². The largest absolute Gasteiger partial charge is 0.361 e. The van der Waals surface area contributed by atoms with Gasteiger partial charge in [-0.3, -0.25) is 0 Å². The van der Waals surface area contributed by atoms with Crippen molar-refractivity contribution in [3.8, 4) is 0 Å². The predicted octanol–water partition coefficient (Wildman–Crippen LogP) is 1.69. The molecule has 0 fully saturated rings. The van der Waals surface area contributed by atoms with Crippen LogP contribution in [0.5, 0.6) is 0 Å². The Labute approximate surface area is 104 Å². The monoisotopic (exact) mass is 232 g/mol. The molecule has 0 aromatic carbocycles. The molecule has 1 unspecified atom stereocenters. The fraction of sp³-hybridized carbons (Fsp3) is 0.600. The van der Waals surface area contributed by atoms with Crippen LogP contribution < -0.4 is 15.9 Å². The van der Waals surface area contributed by atoms with Crippen LogP contribution in [0.3, 0.4) is 0 Å². The van der Waals surface area contributed by atoms with E-state index in [1.807, 2.05) is 0 Å². The molecule has 0 saturated carbocycles. The van der Waals surface area contributed by atoms with Crippen molar-refractivity contribution in [3.05, 3.63) is 22.3 Å². The highest BCUT2D eigenvalue weighted by Gasteiger charge is 2.09. The zero-order chi connectivity index (χ0) is 12.1. The second-order valence-corrected chi connectivity index (χ2v) is 4.96. The molecular weight excluding hydrogens is 208 g/mol. The summed E-state index contributed by atoms with van der Waals surface area (Å²) in [6, 6.07) is 0.616. The first-order chi connectivity index (χ1) is 8.35. The summed E-state index contributed by atoms with van der Waals surface area (Å²) in [5, 5.41) is 6.23. The molecule has 1 heterocycles. The number of likely N-dealkylation sites (N-methyl/N-ethyl adjacent to an activating group) is 1. The fourth-order valence-corrected chi connectivity index (χ4v) is 2.59. The van der Waals surface area contributed by atoms with Crippen LogP contribution in [0.1, 0.15) is 44.6 Å². The van der Waals surface area contributed by atoms with E-state index in [1.165, 1.54) is 48.2 Å². The Hall–Kier alpha value is -1.02. The van der Waals surface area contributed by atoms with Crippen LogP contribution in [-0.2, 0) is 6.42 Å². The molecule has 0 spiro atoms. The molecule has 2 rings (SSSR count). The molecule has 1 aromatic rings. The molecule has 1 aliphatic rings. The number of aromatic nitrogens is 1. The van der Waals surface area contributed by atoms with E-state index in [4.69, 9.17) is 0 Å². The SMILES string of the molecule is CCCCC(Cc1c[nH]c2c1=CCCC=2)NC. The lowest BCUT2D eigenvalue weighted by Gasteiger charge is -2.15. The van der Waals surface area contributed by atoms with Gasteiger partial charge >= 0.3 is 0 Å². The first-order valence-corrected chi connectivity index (χ1v) is 6.89. The Kier molecular flexibility index (Phi) is 4.43. The number of hydrogen-bond donors (Lipinski definition) is 2. The number of H-pyrrole nitrogens is 1. The first-order valence-electron chi connectivity index (χ1n) is 6.89. The smallest absolute Gasteiger partial charge is 0.0413 e. The molecule has 17 heavy (non-hydrogen) atoms. The van der Waals surface area contributed by atoms with Crippen molar-refractivity contribution < 1.29 is 0 Å². The summed E-state index contributed by atoms with van der Waals surface area (Å²) in [4.78, 5) is 3.40. The molecule has 94 valence electrons. The Balaban J connectivity index is 2.10. The van der Waals surface area contributed by atoms with E-state index in [-0.39, 0.29) is 0 Å². The maximum atomic E-state index is 3.44. The van der Waals surface area contributed by atoms with Gasteiger partial charge < -0.3 is 10.3 Å². The van der Waals surface area contributed by atoms with Crippen LogP contribution in [0, 0.1) is 0 Å². The van der Waals surface area contributed by atoms with Crippen LogP contribution in [0.2, 0.25) is 0 Å². The topological polar surface area (TPSA) is 27.8 Å². The lowest BCUT2D eigenvalue weighted by atomic mass is 10.0. The minimum Gasteiger partial charge on any atom is -0.361 e. The first kappa shape index (κ1) is 12.4. The molecule has 1 aromatic heterocycles. The highest BCUT2D eigenvalue weighted by atomic mass is 14.9. The van der Waals surface area contributed by atoms with Crippen molar-refractivity contribution in [2.24, 2.45) is 0 Å². The maximum absolute atomic E-state index is 3.44. The Bertz CT molecular complexity index is 456. The normalized spacial score (nSPS) is 15.9. The summed E-state index contributed by atoms with van der Waals surface area (Å²) in [6.07, 6.45) is 14.3. The van der Waals surface area contributed by atoms with Crippen molar-refractivity contribution in [2.45, 2.75) is 51.5 Å². The van der Waals surface area contributed by atoms with Crippen LogP contribution >= 0.6 is 0 Å². The Morgan fingerprint density at radius 2 is 2.18 bits per heavy atom. The highest BCUT2D eigenvalue weighted by Crippen LogP contribution is 2.06. The van der Waals surface area contributed by atoms with Gasteiger partial charge in [0.2, 0.25) is 0 Å². The van der Waals surface area contributed by atoms with E-state index >= 15 is 0 Å². The number of unbranched alkanes of at least 4 members (excludes halogenated alkanes) is 1. The molecule has 2 heteroatoms. The van der Waals surface area contributed by atoms with Crippen molar-refractivity contribution in [1.82, 2.24) is 10.3 Å². The molecule has 1 aliphatic carbocycles. The molecule has 0 aliphatic heterocycles. The van der Waals surface area contributed by atoms with Gasteiger partial charge in [0, 0.05) is 17.6 Å². The van der Waals surface area contributed by atoms with Gasteiger partial charge in [-0.2, -0.15) is 0 Å². The van der Waals surface area contributed by atoms with Crippen LogP contribution in [0.4, 0.5) is 0 Å². The molecule has 2 nitrogen and oxygen atoms in total. The Morgan fingerprint density at radius 3 is 2.94 bits per heavy atom.